The summed E-state index contributed by atoms with van der Waals surface area (Å²) in [4.78, 5) is 0. The molecule has 2 unspecified atom stereocenters. The highest BCUT2D eigenvalue weighted by Gasteiger charge is 2.45. The maximum Gasteiger partial charge on any atom is 0.158 e. The van der Waals surface area contributed by atoms with E-state index in [1.807, 2.05) is 0 Å². The van der Waals surface area contributed by atoms with Crippen LogP contribution in [0.1, 0.15) is 19.3 Å². The molecular formula is C8H14O3. The van der Waals surface area contributed by atoms with E-state index in [9.17, 15) is 5.11 Å². The Morgan fingerprint density at radius 2 is 2.00 bits per heavy atom. The number of hydrogen-bond acceptors (Lipinski definition) is 3. The van der Waals surface area contributed by atoms with Crippen LogP contribution in [0.4, 0.5) is 0 Å². The molecule has 1 heterocycles. The van der Waals surface area contributed by atoms with Gasteiger partial charge in [0, 0.05) is 5.92 Å². The molecule has 2 fully saturated rings. The van der Waals surface area contributed by atoms with Gasteiger partial charge < -0.3 is 14.9 Å². The van der Waals surface area contributed by atoms with E-state index >= 15 is 0 Å². The summed E-state index contributed by atoms with van der Waals surface area (Å²) in [6, 6.07) is 0. The van der Waals surface area contributed by atoms with Crippen LogP contribution in [0.25, 0.3) is 0 Å². The molecule has 11 heavy (non-hydrogen) atoms. The van der Waals surface area contributed by atoms with E-state index in [0.717, 1.165) is 12.8 Å². The second-order valence-electron chi connectivity index (χ2n) is 3.51. The smallest absolute Gasteiger partial charge is 0.158 e. The van der Waals surface area contributed by atoms with Gasteiger partial charge in [0.1, 0.15) is 0 Å². The van der Waals surface area contributed by atoms with Gasteiger partial charge in [-0.1, -0.05) is 6.42 Å². The van der Waals surface area contributed by atoms with Crippen molar-refractivity contribution in [2.24, 2.45) is 11.8 Å². The topological polar surface area (TPSA) is 49.7 Å². The lowest BCUT2D eigenvalue weighted by Crippen LogP contribution is -2.20. The van der Waals surface area contributed by atoms with Gasteiger partial charge >= 0.3 is 0 Å². The van der Waals surface area contributed by atoms with Gasteiger partial charge in [-0.15, -0.1) is 0 Å². The molecule has 1 aliphatic heterocycles. The molecule has 2 N–H and O–H groups in total. The van der Waals surface area contributed by atoms with E-state index < -0.39 is 6.29 Å². The Morgan fingerprint density at radius 3 is 2.73 bits per heavy atom. The van der Waals surface area contributed by atoms with Gasteiger partial charge in [-0.2, -0.15) is 0 Å². The van der Waals surface area contributed by atoms with Crippen molar-refractivity contribution in [3.8, 4) is 0 Å². The molecule has 1 saturated carbocycles. The van der Waals surface area contributed by atoms with Crippen LogP contribution < -0.4 is 0 Å². The van der Waals surface area contributed by atoms with Gasteiger partial charge in [0.15, 0.2) is 6.29 Å². The van der Waals surface area contributed by atoms with Crippen LogP contribution in [0.2, 0.25) is 0 Å². The minimum absolute atomic E-state index is 0.0538. The van der Waals surface area contributed by atoms with E-state index in [-0.39, 0.29) is 12.7 Å². The molecule has 0 amide bonds. The second kappa shape index (κ2) is 2.73. The fourth-order valence-corrected chi connectivity index (χ4v) is 2.39. The van der Waals surface area contributed by atoms with Crippen LogP contribution in [0, 0.1) is 11.8 Å². The van der Waals surface area contributed by atoms with Crippen molar-refractivity contribution in [3.63, 3.8) is 0 Å². The Bertz CT molecular complexity index is 148. The first-order valence-corrected chi connectivity index (χ1v) is 4.27. The molecule has 0 spiro atoms. The third-order valence-electron chi connectivity index (χ3n) is 2.96. The molecule has 0 bridgehead atoms. The summed E-state index contributed by atoms with van der Waals surface area (Å²) in [7, 11) is 0. The molecule has 0 aromatic carbocycles. The number of aliphatic hydroxyl groups is 2. The predicted molar refractivity (Wildman–Crippen MR) is 38.8 cm³/mol. The van der Waals surface area contributed by atoms with Crippen molar-refractivity contribution < 1.29 is 14.9 Å². The van der Waals surface area contributed by atoms with Crippen LogP contribution in [0.15, 0.2) is 0 Å². The minimum Gasteiger partial charge on any atom is -0.394 e. The average molecular weight is 158 g/mol. The Labute approximate surface area is 66.0 Å². The van der Waals surface area contributed by atoms with E-state index in [0.29, 0.717) is 11.8 Å². The SMILES string of the molecule is OCC1OC(O)[C@@H]2CCC[C@H]12. The summed E-state index contributed by atoms with van der Waals surface area (Å²) in [5, 5.41) is 18.3. The normalized spacial score (nSPS) is 49.6. The first kappa shape index (κ1) is 7.53. The van der Waals surface area contributed by atoms with E-state index in [1.54, 1.807) is 0 Å². The standard InChI is InChI=1S/C8H14O3/c9-4-7-5-2-1-3-6(5)8(10)11-7/h5-10H,1-4H2/t5-,6+,7?,8?/m0/s1. The zero-order valence-corrected chi connectivity index (χ0v) is 6.44. The van der Waals surface area contributed by atoms with Crippen molar-refractivity contribution in [1.29, 1.82) is 0 Å². The van der Waals surface area contributed by atoms with Crippen molar-refractivity contribution >= 4 is 0 Å². The monoisotopic (exact) mass is 158 g/mol. The molecule has 1 aliphatic carbocycles. The van der Waals surface area contributed by atoms with Crippen LogP contribution in [-0.4, -0.2) is 29.2 Å². The van der Waals surface area contributed by atoms with Gasteiger partial charge in [-0.25, -0.2) is 0 Å². The molecule has 3 heteroatoms. The van der Waals surface area contributed by atoms with E-state index in [2.05, 4.69) is 0 Å². The lowest BCUT2D eigenvalue weighted by atomic mass is 9.94. The highest BCUT2D eigenvalue weighted by atomic mass is 16.6. The summed E-state index contributed by atoms with van der Waals surface area (Å²) in [6.45, 7) is 0.0538. The molecule has 0 radical (unpaired) electrons. The maximum absolute atomic E-state index is 9.37. The lowest BCUT2D eigenvalue weighted by Gasteiger charge is -2.12. The molecule has 64 valence electrons. The summed E-state index contributed by atoms with van der Waals surface area (Å²) < 4.78 is 5.18. The van der Waals surface area contributed by atoms with E-state index in [4.69, 9.17) is 9.84 Å². The molecule has 3 nitrogen and oxygen atoms in total. The Morgan fingerprint density at radius 1 is 1.27 bits per heavy atom. The van der Waals surface area contributed by atoms with Gasteiger partial charge in [0.25, 0.3) is 0 Å². The average Bonchev–Trinajstić information content (AvgIpc) is 2.54. The quantitative estimate of drug-likeness (QED) is 0.569. The van der Waals surface area contributed by atoms with Crippen LogP contribution in [0.5, 0.6) is 0 Å². The first-order chi connectivity index (χ1) is 5.33. The van der Waals surface area contributed by atoms with Gasteiger partial charge in [0.2, 0.25) is 0 Å². The summed E-state index contributed by atoms with van der Waals surface area (Å²) in [5.41, 5.74) is 0. The maximum atomic E-state index is 9.37. The van der Waals surface area contributed by atoms with Crippen molar-refractivity contribution in [3.05, 3.63) is 0 Å². The van der Waals surface area contributed by atoms with Gasteiger partial charge in [-0.3, -0.25) is 0 Å². The lowest BCUT2D eigenvalue weighted by molar-refractivity contribution is -0.119. The molecule has 1 saturated heterocycles. The molecule has 2 aliphatic rings. The minimum atomic E-state index is -0.611. The third-order valence-corrected chi connectivity index (χ3v) is 2.96. The largest absolute Gasteiger partial charge is 0.394 e. The fraction of sp³-hybridized carbons (Fsp3) is 1.00. The van der Waals surface area contributed by atoms with Gasteiger partial charge in [0.05, 0.1) is 12.7 Å². The molecule has 4 atom stereocenters. The third kappa shape index (κ3) is 1.08. The van der Waals surface area contributed by atoms with E-state index in [1.165, 1.54) is 6.42 Å². The summed E-state index contributed by atoms with van der Waals surface area (Å²) >= 11 is 0. The Hall–Kier alpha value is -0.120. The number of aliphatic hydroxyl groups excluding tert-OH is 2. The number of hydrogen-bond donors (Lipinski definition) is 2. The second-order valence-corrected chi connectivity index (χ2v) is 3.51. The fourth-order valence-electron chi connectivity index (χ4n) is 2.39. The first-order valence-electron chi connectivity index (χ1n) is 4.27. The summed E-state index contributed by atoms with van der Waals surface area (Å²) in [5.74, 6) is 0.710. The van der Waals surface area contributed by atoms with Crippen molar-refractivity contribution in [2.75, 3.05) is 6.61 Å². The van der Waals surface area contributed by atoms with Gasteiger partial charge in [-0.05, 0) is 18.8 Å². The molecule has 0 aromatic heterocycles. The van der Waals surface area contributed by atoms with Crippen molar-refractivity contribution in [2.45, 2.75) is 31.7 Å². The van der Waals surface area contributed by atoms with Crippen molar-refractivity contribution in [1.82, 2.24) is 0 Å². The molecule has 2 rings (SSSR count). The molecule has 0 aromatic rings. The highest BCUT2D eigenvalue weighted by molar-refractivity contribution is 4.90. The predicted octanol–water partition coefficient (Wildman–Crippen LogP) is 0.112. The van der Waals surface area contributed by atoms with Crippen LogP contribution >= 0.6 is 0 Å². The number of ether oxygens (including phenoxy) is 1. The zero-order chi connectivity index (χ0) is 7.84. The number of rotatable bonds is 1. The Kier molecular flexibility index (Phi) is 1.87. The molecular weight excluding hydrogens is 144 g/mol. The van der Waals surface area contributed by atoms with Crippen LogP contribution in [0.3, 0.4) is 0 Å². The number of fused-ring (bicyclic) bond motifs is 1. The summed E-state index contributed by atoms with van der Waals surface area (Å²) in [6.07, 6.45) is 2.62. The Balaban J connectivity index is 2.07. The van der Waals surface area contributed by atoms with Crippen LogP contribution in [-0.2, 0) is 4.74 Å². The highest BCUT2D eigenvalue weighted by Crippen LogP contribution is 2.43. The zero-order valence-electron chi connectivity index (χ0n) is 6.44.